The number of amides is 1. The Morgan fingerprint density at radius 2 is 2.00 bits per heavy atom. The van der Waals surface area contributed by atoms with Crippen molar-refractivity contribution in [1.29, 1.82) is 0 Å². The smallest absolute Gasteiger partial charge is 0.263 e. The fourth-order valence-electron chi connectivity index (χ4n) is 2.20. The second-order valence-electron chi connectivity index (χ2n) is 5.33. The Balaban J connectivity index is 1.65. The van der Waals surface area contributed by atoms with E-state index < -0.39 is 0 Å². The number of aromatic nitrogens is 1. The van der Waals surface area contributed by atoms with Gasteiger partial charge in [-0.1, -0.05) is 12.1 Å². The third-order valence-electron chi connectivity index (χ3n) is 3.47. The molecule has 1 aromatic heterocycles. The predicted molar refractivity (Wildman–Crippen MR) is 98.7 cm³/mol. The van der Waals surface area contributed by atoms with Gasteiger partial charge in [0.25, 0.3) is 5.91 Å². The fourth-order valence-corrected chi connectivity index (χ4v) is 2.91. The lowest BCUT2D eigenvalue weighted by Gasteiger charge is -2.12. The lowest BCUT2D eigenvalue weighted by atomic mass is 10.1. The van der Waals surface area contributed by atoms with E-state index in [1.165, 1.54) is 23.5 Å². The van der Waals surface area contributed by atoms with Crippen LogP contribution in [0.1, 0.15) is 20.9 Å². The Labute approximate surface area is 150 Å². The number of halogens is 1. The van der Waals surface area contributed by atoms with Gasteiger partial charge in [-0.25, -0.2) is 9.37 Å². The highest BCUT2D eigenvalue weighted by molar-refractivity contribution is 7.11. The molecule has 0 saturated carbocycles. The van der Waals surface area contributed by atoms with Crippen molar-refractivity contribution in [3.8, 4) is 0 Å². The standard InChI is InChI=1S/C17H22FN5OS/c1-12-15(25-11-23-12)16(24)20-8-9-22-17(19-2)21-7-6-13-4-3-5-14(18)10-13/h3-5,10-11H,6-9H2,1-2H3,(H,20,24)(H2,19,21,22). The molecule has 0 fully saturated rings. The summed E-state index contributed by atoms with van der Waals surface area (Å²) in [6.45, 7) is 3.47. The van der Waals surface area contributed by atoms with E-state index in [2.05, 4.69) is 25.9 Å². The molecule has 2 rings (SSSR count). The Hall–Kier alpha value is -2.48. The molecule has 0 unspecified atom stereocenters. The summed E-state index contributed by atoms with van der Waals surface area (Å²) in [5.41, 5.74) is 3.33. The van der Waals surface area contributed by atoms with Gasteiger partial charge in [0, 0.05) is 26.7 Å². The molecule has 6 nitrogen and oxygen atoms in total. The van der Waals surface area contributed by atoms with Crippen LogP contribution < -0.4 is 16.0 Å². The third kappa shape index (κ3) is 6.15. The molecular weight excluding hydrogens is 341 g/mol. The number of benzene rings is 1. The highest BCUT2D eigenvalue weighted by Crippen LogP contribution is 2.11. The number of nitrogens with one attached hydrogen (secondary N) is 3. The van der Waals surface area contributed by atoms with Gasteiger partial charge in [-0.2, -0.15) is 0 Å². The van der Waals surface area contributed by atoms with E-state index in [9.17, 15) is 9.18 Å². The Morgan fingerprint density at radius 3 is 2.68 bits per heavy atom. The number of nitrogens with zero attached hydrogens (tertiary/aromatic N) is 2. The Morgan fingerprint density at radius 1 is 1.24 bits per heavy atom. The lowest BCUT2D eigenvalue weighted by molar-refractivity contribution is 0.0957. The number of aliphatic imine (C=N–C) groups is 1. The fraction of sp³-hybridized carbons (Fsp3) is 0.353. The third-order valence-corrected chi connectivity index (χ3v) is 4.40. The van der Waals surface area contributed by atoms with Crippen LogP contribution >= 0.6 is 11.3 Å². The largest absolute Gasteiger partial charge is 0.356 e. The lowest BCUT2D eigenvalue weighted by Crippen LogP contribution is -2.42. The SMILES string of the molecule is CN=C(NCCNC(=O)c1scnc1C)NCCc1cccc(F)c1. The maximum absolute atomic E-state index is 13.1. The molecule has 0 bridgehead atoms. The number of thiazole rings is 1. The van der Waals surface area contributed by atoms with E-state index in [1.807, 2.05) is 13.0 Å². The molecule has 0 aliphatic carbocycles. The first-order valence-electron chi connectivity index (χ1n) is 7.97. The number of carbonyl (C=O) groups excluding carboxylic acids is 1. The number of aryl methyl sites for hydroxylation is 1. The van der Waals surface area contributed by atoms with Gasteiger partial charge in [-0.3, -0.25) is 9.79 Å². The van der Waals surface area contributed by atoms with Gasteiger partial charge in [0.2, 0.25) is 0 Å². The van der Waals surface area contributed by atoms with Gasteiger partial charge in [0.15, 0.2) is 5.96 Å². The molecule has 3 N–H and O–H groups in total. The normalized spacial score (nSPS) is 11.2. The van der Waals surface area contributed by atoms with E-state index in [4.69, 9.17) is 0 Å². The zero-order valence-electron chi connectivity index (χ0n) is 14.3. The van der Waals surface area contributed by atoms with Crippen LogP contribution in [0.15, 0.2) is 34.8 Å². The van der Waals surface area contributed by atoms with E-state index >= 15 is 0 Å². The van der Waals surface area contributed by atoms with Crippen LogP contribution in [0.3, 0.4) is 0 Å². The van der Waals surface area contributed by atoms with Crippen molar-refractivity contribution in [3.63, 3.8) is 0 Å². The second kappa shape index (κ2) is 9.73. The van der Waals surface area contributed by atoms with Crippen molar-refractivity contribution in [1.82, 2.24) is 20.9 Å². The first kappa shape index (κ1) is 18.9. The average Bonchev–Trinajstić information content (AvgIpc) is 3.03. The summed E-state index contributed by atoms with van der Waals surface area (Å²) in [6.07, 6.45) is 0.694. The average molecular weight is 363 g/mol. The summed E-state index contributed by atoms with van der Waals surface area (Å²) in [5.74, 6) is 0.294. The molecule has 0 atom stereocenters. The topological polar surface area (TPSA) is 78.4 Å². The van der Waals surface area contributed by atoms with Gasteiger partial charge < -0.3 is 16.0 Å². The van der Waals surface area contributed by atoms with Crippen molar-refractivity contribution in [2.45, 2.75) is 13.3 Å². The van der Waals surface area contributed by atoms with Crippen LogP contribution in [0.25, 0.3) is 0 Å². The first-order chi connectivity index (χ1) is 12.1. The molecule has 2 aromatic rings. The summed E-state index contributed by atoms with van der Waals surface area (Å²) >= 11 is 1.33. The van der Waals surface area contributed by atoms with Gasteiger partial charge in [-0.15, -0.1) is 11.3 Å². The molecule has 0 radical (unpaired) electrons. The van der Waals surface area contributed by atoms with Gasteiger partial charge in [0.05, 0.1) is 11.2 Å². The second-order valence-corrected chi connectivity index (χ2v) is 6.18. The summed E-state index contributed by atoms with van der Waals surface area (Å²) in [7, 11) is 1.68. The zero-order chi connectivity index (χ0) is 18.1. The summed E-state index contributed by atoms with van der Waals surface area (Å²) in [4.78, 5) is 20.8. The Kier molecular flexibility index (Phi) is 7.34. The highest BCUT2D eigenvalue weighted by atomic mass is 32.1. The minimum Gasteiger partial charge on any atom is -0.356 e. The van der Waals surface area contributed by atoms with E-state index in [0.717, 1.165) is 11.3 Å². The van der Waals surface area contributed by atoms with Crippen molar-refractivity contribution < 1.29 is 9.18 Å². The quantitative estimate of drug-likeness (QED) is 0.398. The molecule has 0 spiro atoms. The van der Waals surface area contributed by atoms with Gasteiger partial charge >= 0.3 is 0 Å². The van der Waals surface area contributed by atoms with Crippen molar-refractivity contribution in [2.75, 3.05) is 26.7 Å². The number of guanidine groups is 1. The minimum absolute atomic E-state index is 0.115. The van der Waals surface area contributed by atoms with E-state index in [-0.39, 0.29) is 11.7 Å². The molecule has 1 heterocycles. The van der Waals surface area contributed by atoms with Crippen LogP contribution in [0, 0.1) is 12.7 Å². The van der Waals surface area contributed by atoms with Crippen LogP contribution in [-0.4, -0.2) is 43.5 Å². The van der Waals surface area contributed by atoms with Crippen molar-refractivity contribution >= 4 is 23.2 Å². The maximum atomic E-state index is 13.1. The highest BCUT2D eigenvalue weighted by Gasteiger charge is 2.10. The summed E-state index contributed by atoms with van der Waals surface area (Å²) in [5, 5.41) is 9.12. The van der Waals surface area contributed by atoms with Crippen molar-refractivity contribution in [3.05, 3.63) is 51.7 Å². The first-order valence-corrected chi connectivity index (χ1v) is 8.85. The van der Waals surface area contributed by atoms with Crippen LogP contribution in [-0.2, 0) is 6.42 Å². The number of carbonyl (C=O) groups is 1. The number of hydrogen-bond acceptors (Lipinski definition) is 4. The number of hydrogen-bond donors (Lipinski definition) is 3. The summed E-state index contributed by atoms with van der Waals surface area (Å²) < 4.78 is 13.1. The van der Waals surface area contributed by atoms with Gasteiger partial charge in [-0.05, 0) is 31.0 Å². The minimum atomic E-state index is -0.230. The van der Waals surface area contributed by atoms with E-state index in [1.54, 1.807) is 18.6 Å². The predicted octanol–water partition coefficient (Wildman–Crippen LogP) is 1.73. The van der Waals surface area contributed by atoms with Crippen molar-refractivity contribution in [2.24, 2.45) is 4.99 Å². The van der Waals surface area contributed by atoms with Crippen LogP contribution in [0.4, 0.5) is 4.39 Å². The molecular formula is C17H22FN5OS. The molecule has 1 aromatic carbocycles. The van der Waals surface area contributed by atoms with Crippen LogP contribution in [0.2, 0.25) is 0 Å². The van der Waals surface area contributed by atoms with Gasteiger partial charge in [0.1, 0.15) is 10.7 Å². The number of rotatable bonds is 7. The Bertz CT molecular complexity index is 731. The summed E-state index contributed by atoms with van der Waals surface area (Å²) in [6, 6.07) is 6.54. The molecule has 25 heavy (non-hydrogen) atoms. The van der Waals surface area contributed by atoms with E-state index in [0.29, 0.717) is 36.9 Å². The monoisotopic (exact) mass is 363 g/mol. The molecule has 0 saturated heterocycles. The molecule has 0 aliphatic rings. The van der Waals surface area contributed by atoms with Crippen LogP contribution in [0.5, 0.6) is 0 Å². The molecule has 8 heteroatoms. The molecule has 0 aliphatic heterocycles. The molecule has 134 valence electrons. The maximum Gasteiger partial charge on any atom is 0.263 e. The zero-order valence-corrected chi connectivity index (χ0v) is 15.1. The molecule has 1 amide bonds.